The van der Waals surface area contributed by atoms with Crippen LogP contribution in [-0.2, 0) is 11.3 Å². The van der Waals surface area contributed by atoms with Crippen LogP contribution in [0.3, 0.4) is 0 Å². The molecule has 2 aliphatic heterocycles. The van der Waals surface area contributed by atoms with Crippen LogP contribution in [-0.4, -0.2) is 39.2 Å². The third-order valence-corrected chi connectivity index (χ3v) is 6.08. The summed E-state index contributed by atoms with van der Waals surface area (Å²) in [4.78, 5) is 43.2. The highest BCUT2D eigenvalue weighted by Gasteiger charge is 2.38. The molecule has 2 atom stereocenters. The van der Waals surface area contributed by atoms with Crippen LogP contribution in [0.25, 0.3) is 10.9 Å². The highest BCUT2D eigenvalue weighted by molar-refractivity contribution is 6.45. The van der Waals surface area contributed by atoms with Gasteiger partial charge in [0.1, 0.15) is 0 Å². The first-order valence-electron chi connectivity index (χ1n) is 9.63. The molecule has 2 bridgehead atoms. The van der Waals surface area contributed by atoms with Gasteiger partial charge in [0.25, 0.3) is 17.2 Å². The molecule has 1 saturated heterocycles. The van der Waals surface area contributed by atoms with Crippen molar-refractivity contribution < 1.29 is 9.59 Å². The molecule has 0 unspecified atom stereocenters. The Morgan fingerprint density at radius 2 is 1.86 bits per heavy atom. The number of pyridine rings is 1. The smallest absolute Gasteiger partial charge is 0.295 e. The van der Waals surface area contributed by atoms with Crippen molar-refractivity contribution in [3.63, 3.8) is 0 Å². The van der Waals surface area contributed by atoms with E-state index in [0.717, 1.165) is 23.0 Å². The van der Waals surface area contributed by atoms with Crippen molar-refractivity contribution in [3.8, 4) is 0 Å². The Morgan fingerprint density at radius 1 is 1.04 bits per heavy atom. The average Bonchev–Trinajstić information content (AvgIpc) is 3.03. The number of fused-ring (bicyclic) bond motifs is 5. The number of ketones is 1. The van der Waals surface area contributed by atoms with E-state index in [2.05, 4.69) is 4.98 Å². The van der Waals surface area contributed by atoms with Gasteiger partial charge >= 0.3 is 0 Å². The van der Waals surface area contributed by atoms with E-state index in [0.29, 0.717) is 30.9 Å². The summed E-state index contributed by atoms with van der Waals surface area (Å²) >= 11 is 0. The molecule has 6 heteroatoms. The van der Waals surface area contributed by atoms with Gasteiger partial charge in [0.15, 0.2) is 0 Å². The minimum absolute atomic E-state index is 0.0115. The number of aryl methyl sites for hydroxylation is 1. The highest BCUT2D eigenvalue weighted by atomic mass is 16.2. The SMILES string of the molecule is Cc1[nH]c2ccccc2c1C(=O)C(=O)N1C[C@H]2C[C@@H](C1)c1cccc(=O)n1C2. The van der Waals surface area contributed by atoms with Crippen LogP contribution in [0.4, 0.5) is 0 Å². The monoisotopic (exact) mass is 375 g/mol. The minimum Gasteiger partial charge on any atom is -0.358 e. The number of hydrogen-bond acceptors (Lipinski definition) is 3. The first-order valence-corrected chi connectivity index (χ1v) is 9.63. The molecule has 2 aromatic heterocycles. The molecule has 1 aromatic carbocycles. The quantitative estimate of drug-likeness (QED) is 0.552. The Labute approximate surface area is 161 Å². The number of H-pyrrole nitrogens is 1. The number of aromatic nitrogens is 2. The second kappa shape index (κ2) is 6.19. The topological polar surface area (TPSA) is 75.2 Å². The number of rotatable bonds is 2. The van der Waals surface area contributed by atoms with Gasteiger partial charge in [-0.15, -0.1) is 0 Å². The molecule has 2 aliphatic rings. The Morgan fingerprint density at radius 3 is 2.71 bits per heavy atom. The second-order valence-electron chi connectivity index (χ2n) is 7.91. The zero-order chi connectivity index (χ0) is 19.4. The first-order chi connectivity index (χ1) is 13.5. The molecule has 4 heterocycles. The number of piperidine rings is 1. The van der Waals surface area contributed by atoms with Gasteiger partial charge in [-0.3, -0.25) is 14.4 Å². The molecule has 0 aliphatic carbocycles. The Hall–Kier alpha value is -3.15. The summed E-state index contributed by atoms with van der Waals surface area (Å²) in [5, 5.41) is 0.785. The van der Waals surface area contributed by atoms with Crippen molar-refractivity contribution in [3.05, 3.63) is 69.8 Å². The Bertz CT molecular complexity index is 1170. The van der Waals surface area contributed by atoms with Crippen molar-refractivity contribution in [1.82, 2.24) is 14.5 Å². The fraction of sp³-hybridized carbons (Fsp3) is 0.318. The molecule has 6 nitrogen and oxygen atoms in total. The molecule has 1 N–H and O–H groups in total. The molecule has 28 heavy (non-hydrogen) atoms. The number of para-hydroxylation sites is 1. The largest absolute Gasteiger partial charge is 0.358 e. The number of aromatic amines is 1. The molecule has 142 valence electrons. The van der Waals surface area contributed by atoms with Crippen LogP contribution in [0.2, 0.25) is 0 Å². The van der Waals surface area contributed by atoms with E-state index in [1.54, 1.807) is 17.0 Å². The zero-order valence-corrected chi connectivity index (χ0v) is 15.6. The number of amides is 1. The normalized spacial score (nSPS) is 20.8. The lowest BCUT2D eigenvalue weighted by Gasteiger charge is -2.42. The van der Waals surface area contributed by atoms with Gasteiger partial charge in [-0.25, -0.2) is 0 Å². The van der Waals surface area contributed by atoms with E-state index < -0.39 is 11.7 Å². The number of benzene rings is 1. The number of Topliss-reactive ketones (excluding diaryl/α,β-unsaturated/α-hetero) is 1. The average molecular weight is 375 g/mol. The van der Waals surface area contributed by atoms with Gasteiger partial charge in [-0.05, 0) is 31.4 Å². The second-order valence-corrected chi connectivity index (χ2v) is 7.91. The summed E-state index contributed by atoms with van der Waals surface area (Å²) in [6.45, 7) is 3.43. The van der Waals surface area contributed by atoms with Gasteiger partial charge in [0.2, 0.25) is 0 Å². The van der Waals surface area contributed by atoms with E-state index in [-0.39, 0.29) is 17.4 Å². The van der Waals surface area contributed by atoms with E-state index in [4.69, 9.17) is 0 Å². The fourth-order valence-corrected chi connectivity index (χ4v) is 4.88. The maximum Gasteiger partial charge on any atom is 0.295 e. The van der Waals surface area contributed by atoms with Crippen LogP contribution in [0.15, 0.2) is 47.3 Å². The number of carbonyl (C=O) groups is 2. The van der Waals surface area contributed by atoms with Crippen molar-refractivity contribution in [1.29, 1.82) is 0 Å². The van der Waals surface area contributed by atoms with Gasteiger partial charge in [-0.1, -0.05) is 24.3 Å². The van der Waals surface area contributed by atoms with Crippen molar-refractivity contribution in [2.24, 2.45) is 5.92 Å². The predicted octanol–water partition coefficient (Wildman–Crippen LogP) is 2.47. The molecule has 1 amide bonds. The summed E-state index contributed by atoms with van der Waals surface area (Å²) in [6, 6.07) is 12.9. The van der Waals surface area contributed by atoms with Gasteiger partial charge < -0.3 is 14.5 Å². The number of likely N-dealkylation sites (tertiary alicyclic amines) is 1. The van der Waals surface area contributed by atoms with E-state index >= 15 is 0 Å². The lowest BCUT2D eigenvalue weighted by Crippen LogP contribution is -2.50. The highest BCUT2D eigenvalue weighted by Crippen LogP contribution is 2.35. The third kappa shape index (κ3) is 2.52. The third-order valence-electron chi connectivity index (χ3n) is 6.08. The standard InChI is InChI=1S/C22H21N3O3/c1-13-20(16-5-2-3-6-17(16)23-13)21(27)22(28)24-10-14-9-15(12-24)18-7-4-8-19(26)25(18)11-14/h2-8,14-15,23H,9-12H2,1H3/t14-,15+/m1/s1. The van der Waals surface area contributed by atoms with Crippen LogP contribution >= 0.6 is 0 Å². The molecular formula is C22H21N3O3. The fourth-order valence-electron chi connectivity index (χ4n) is 4.88. The lowest BCUT2D eigenvalue weighted by molar-refractivity contribution is -0.129. The molecule has 5 rings (SSSR count). The van der Waals surface area contributed by atoms with Gasteiger partial charge in [0, 0.05) is 53.9 Å². The predicted molar refractivity (Wildman–Crippen MR) is 105 cm³/mol. The summed E-state index contributed by atoms with van der Waals surface area (Å²) in [7, 11) is 0. The van der Waals surface area contributed by atoms with Crippen LogP contribution in [0.1, 0.15) is 34.1 Å². The van der Waals surface area contributed by atoms with Crippen molar-refractivity contribution in [2.75, 3.05) is 13.1 Å². The number of hydrogen-bond donors (Lipinski definition) is 1. The van der Waals surface area contributed by atoms with E-state index in [9.17, 15) is 14.4 Å². The number of nitrogens with zero attached hydrogens (tertiary/aromatic N) is 2. The summed E-state index contributed by atoms with van der Waals surface area (Å²) < 4.78 is 1.83. The van der Waals surface area contributed by atoms with Crippen LogP contribution in [0, 0.1) is 12.8 Å². The summed E-state index contributed by atoms with van der Waals surface area (Å²) in [5.74, 6) is -0.607. The summed E-state index contributed by atoms with van der Waals surface area (Å²) in [5.41, 5.74) is 3.02. The molecule has 0 spiro atoms. The maximum absolute atomic E-state index is 13.1. The Balaban J connectivity index is 1.46. The summed E-state index contributed by atoms with van der Waals surface area (Å²) in [6.07, 6.45) is 0.952. The van der Waals surface area contributed by atoms with Crippen LogP contribution in [0.5, 0.6) is 0 Å². The van der Waals surface area contributed by atoms with Crippen molar-refractivity contribution in [2.45, 2.75) is 25.8 Å². The first kappa shape index (κ1) is 17.0. The molecule has 0 radical (unpaired) electrons. The molecule has 0 saturated carbocycles. The minimum atomic E-state index is -0.458. The maximum atomic E-state index is 13.1. The number of carbonyl (C=O) groups excluding carboxylic acids is 2. The van der Waals surface area contributed by atoms with Crippen LogP contribution < -0.4 is 5.56 Å². The molecular weight excluding hydrogens is 354 g/mol. The van der Waals surface area contributed by atoms with E-state index in [1.807, 2.05) is 41.8 Å². The Kier molecular flexibility index (Phi) is 3.75. The molecule has 3 aromatic rings. The molecule has 1 fully saturated rings. The van der Waals surface area contributed by atoms with Gasteiger partial charge in [0.05, 0.1) is 5.56 Å². The zero-order valence-electron chi connectivity index (χ0n) is 15.6. The van der Waals surface area contributed by atoms with E-state index in [1.165, 1.54) is 0 Å². The number of nitrogens with one attached hydrogen (secondary N) is 1. The lowest BCUT2D eigenvalue weighted by atomic mass is 9.83. The van der Waals surface area contributed by atoms with Crippen molar-refractivity contribution >= 4 is 22.6 Å². The van der Waals surface area contributed by atoms with Gasteiger partial charge in [-0.2, -0.15) is 0 Å².